The van der Waals surface area contributed by atoms with E-state index in [2.05, 4.69) is 31.5 Å². The van der Waals surface area contributed by atoms with Crippen molar-refractivity contribution in [1.82, 2.24) is 25.4 Å². The molecule has 0 aliphatic carbocycles. The van der Waals surface area contributed by atoms with Crippen molar-refractivity contribution in [3.05, 3.63) is 77.2 Å². The number of nitrogens with zero attached hydrogens (tertiary/aromatic N) is 4. The Balaban J connectivity index is 1.38. The fourth-order valence-electron chi connectivity index (χ4n) is 3.92. The molecule has 1 aliphatic heterocycles. The van der Waals surface area contributed by atoms with Crippen LogP contribution in [-0.4, -0.2) is 45.1 Å². The molecule has 3 heterocycles. The van der Waals surface area contributed by atoms with Gasteiger partial charge in [0.2, 0.25) is 0 Å². The van der Waals surface area contributed by atoms with Crippen LogP contribution in [0.1, 0.15) is 39.9 Å². The number of hydrogen-bond donors (Lipinski definition) is 1. The van der Waals surface area contributed by atoms with Gasteiger partial charge in [-0.3, -0.25) is 14.7 Å². The first-order valence-electron chi connectivity index (χ1n) is 10.4. The molecule has 1 fully saturated rings. The van der Waals surface area contributed by atoms with Gasteiger partial charge in [-0.05, 0) is 68.1 Å². The molecule has 0 bridgehead atoms. The van der Waals surface area contributed by atoms with Crippen LogP contribution in [0.3, 0.4) is 0 Å². The molecule has 1 amide bonds. The van der Waals surface area contributed by atoms with Crippen molar-refractivity contribution in [2.75, 3.05) is 13.1 Å². The van der Waals surface area contributed by atoms with Crippen molar-refractivity contribution in [3.63, 3.8) is 0 Å². The van der Waals surface area contributed by atoms with Gasteiger partial charge in [0.15, 0.2) is 0 Å². The van der Waals surface area contributed by atoms with Crippen LogP contribution in [0.25, 0.3) is 11.3 Å². The Kier molecular flexibility index (Phi) is 6.14. The molecule has 1 saturated heterocycles. The number of aryl methyl sites for hydroxylation is 1. The molecule has 6 heteroatoms. The normalized spacial score (nSPS) is 16.9. The number of amides is 1. The lowest BCUT2D eigenvalue weighted by molar-refractivity contribution is 0.0900. The number of carbonyl (C=O) groups is 1. The van der Waals surface area contributed by atoms with E-state index in [4.69, 9.17) is 0 Å². The highest BCUT2D eigenvalue weighted by atomic mass is 16.1. The molecular weight excluding hydrogens is 374 g/mol. The summed E-state index contributed by atoms with van der Waals surface area (Å²) in [5.74, 6) is -0.0261. The van der Waals surface area contributed by atoms with Crippen LogP contribution in [0.15, 0.2) is 55.0 Å². The maximum Gasteiger partial charge on any atom is 0.251 e. The standard InChI is InChI=1S/C24H27N5O/c1-17-13-26-28-23(18(17)2)20-7-9-21(10-8-20)24(30)27-22-6-4-12-29(16-22)15-19-5-3-11-25-14-19/h3,5,7-11,13-14,22H,4,6,12,15-16H2,1-2H3,(H,27,30). The summed E-state index contributed by atoms with van der Waals surface area (Å²) in [4.78, 5) is 19.4. The van der Waals surface area contributed by atoms with Crippen LogP contribution in [0.2, 0.25) is 0 Å². The molecule has 154 valence electrons. The first kappa shape index (κ1) is 20.2. The molecule has 0 radical (unpaired) electrons. The third-order valence-corrected chi connectivity index (χ3v) is 5.75. The van der Waals surface area contributed by atoms with Crippen LogP contribution in [0.5, 0.6) is 0 Å². The number of piperidine rings is 1. The maximum atomic E-state index is 12.8. The SMILES string of the molecule is Cc1cnnc(-c2ccc(C(=O)NC3CCCN(Cc4cccnc4)C3)cc2)c1C. The molecule has 1 atom stereocenters. The van der Waals surface area contributed by atoms with E-state index in [1.807, 2.05) is 50.4 Å². The molecule has 1 N–H and O–H groups in total. The molecular formula is C24H27N5O. The Labute approximate surface area is 177 Å². The van der Waals surface area contributed by atoms with Gasteiger partial charge in [0.25, 0.3) is 5.91 Å². The van der Waals surface area contributed by atoms with Crippen molar-refractivity contribution in [3.8, 4) is 11.3 Å². The van der Waals surface area contributed by atoms with E-state index >= 15 is 0 Å². The minimum absolute atomic E-state index is 0.0261. The second-order valence-corrected chi connectivity index (χ2v) is 7.99. The van der Waals surface area contributed by atoms with Crippen molar-refractivity contribution >= 4 is 5.91 Å². The van der Waals surface area contributed by atoms with Gasteiger partial charge in [-0.2, -0.15) is 10.2 Å². The Bertz CT molecular complexity index is 1000. The van der Waals surface area contributed by atoms with Gasteiger partial charge in [-0.15, -0.1) is 0 Å². The average Bonchev–Trinajstić information content (AvgIpc) is 2.77. The van der Waals surface area contributed by atoms with Gasteiger partial charge in [0, 0.05) is 42.7 Å². The highest BCUT2D eigenvalue weighted by molar-refractivity contribution is 5.94. The second kappa shape index (κ2) is 9.13. The number of carbonyl (C=O) groups excluding carboxylic acids is 1. The van der Waals surface area contributed by atoms with Crippen LogP contribution in [-0.2, 0) is 6.54 Å². The van der Waals surface area contributed by atoms with E-state index in [0.29, 0.717) is 5.56 Å². The lowest BCUT2D eigenvalue weighted by Crippen LogP contribution is -2.47. The molecule has 1 aliphatic rings. The Morgan fingerprint density at radius 1 is 1.17 bits per heavy atom. The lowest BCUT2D eigenvalue weighted by Gasteiger charge is -2.33. The summed E-state index contributed by atoms with van der Waals surface area (Å²) in [5, 5.41) is 11.5. The maximum absolute atomic E-state index is 12.8. The Morgan fingerprint density at radius 2 is 2.00 bits per heavy atom. The minimum atomic E-state index is -0.0261. The van der Waals surface area contributed by atoms with Gasteiger partial charge in [0.05, 0.1) is 11.9 Å². The monoisotopic (exact) mass is 401 g/mol. The summed E-state index contributed by atoms with van der Waals surface area (Å²) in [5.41, 5.74) is 5.92. The van der Waals surface area contributed by atoms with Gasteiger partial charge < -0.3 is 5.32 Å². The van der Waals surface area contributed by atoms with E-state index in [9.17, 15) is 4.79 Å². The lowest BCUT2D eigenvalue weighted by atomic mass is 10.0. The molecule has 6 nitrogen and oxygen atoms in total. The number of aromatic nitrogens is 3. The van der Waals surface area contributed by atoms with E-state index in [0.717, 1.165) is 54.9 Å². The minimum Gasteiger partial charge on any atom is -0.348 e. The number of hydrogen-bond acceptors (Lipinski definition) is 5. The topological polar surface area (TPSA) is 71.0 Å². The smallest absolute Gasteiger partial charge is 0.251 e. The number of rotatable bonds is 5. The molecule has 1 unspecified atom stereocenters. The fourth-order valence-corrected chi connectivity index (χ4v) is 3.92. The number of pyridine rings is 1. The molecule has 0 saturated carbocycles. The third-order valence-electron chi connectivity index (χ3n) is 5.75. The Morgan fingerprint density at radius 3 is 2.77 bits per heavy atom. The molecule has 3 aromatic rings. The highest BCUT2D eigenvalue weighted by Crippen LogP contribution is 2.22. The van der Waals surface area contributed by atoms with Crippen LogP contribution in [0.4, 0.5) is 0 Å². The third kappa shape index (κ3) is 4.71. The number of nitrogens with one attached hydrogen (secondary N) is 1. The number of benzene rings is 1. The van der Waals surface area contributed by atoms with Crippen molar-refractivity contribution in [2.24, 2.45) is 0 Å². The zero-order valence-corrected chi connectivity index (χ0v) is 17.5. The van der Waals surface area contributed by atoms with E-state index in [-0.39, 0.29) is 11.9 Å². The van der Waals surface area contributed by atoms with Gasteiger partial charge in [-0.25, -0.2) is 0 Å². The van der Waals surface area contributed by atoms with E-state index in [1.54, 1.807) is 12.4 Å². The van der Waals surface area contributed by atoms with Crippen molar-refractivity contribution in [2.45, 2.75) is 39.3 Å². The summed E-state index contributed by atoms with van der Waals surface area (Å²) in [7, 11) is 0. The molecule has 30 heavy (non-hydrogen) atoms. The summed E-state index contributed by atoms with van der Waals surface area (Å²) in [6, 6.07) is 11.8. The zero-order chi connectivity index (χ0) is 20.9. The predicted molar refractivity (Wildman–Crippen MR) is 117 cm³/mol. The van der Waals surface area contributed by atoms with Crippen LogP contribution >= 0.6 is 0 Å². The van der Waals surface area contributed by atoms with Crippen molar-refractivity contribution < 1.29 is 4.79 Å². The molecule has 1 aromatic carbocycles. The molecule has 4 rings (SSSR count). The summed E-state index contributed by atoms with van der Waals surface area (Å²) < 4.78 is 0. The van der Waals surface area contributed by atoms with E-state index in [1.165, 1.54) is 5.56 Å². The zero-order valence-electron chi connectivity index (χ0n) is 17.5. The largest absolute Gasteiger partial charge is 0.348 e. The summed E-state index contributed by atoms with van der Waals surface area (Å²) >= 11 is 0. The quantitative estimate of drug-likeness (QED) is 0.708. The summed E-state index contributed by atoms with van der Waals surface area (Å²) in [6.45, 7) is 6.84. The average molecular weight is 402 g/mol. The highest BCUT2D eigenvalue weighted by Gasteiger charge is 2.22. The first-order valence-corrected chi connectivity index (χ1v) is 10.4. The van der Waals surface area contributed by atoms with Gasteiger partial charge in [0.1, 0.15) is 0 Å². The van der Waals surface area contributed by atoms with Gasteiger partial charge in [-0.1, -0.05) is 18.2 Å². The van der Waals surface area contributed by atoms with Gasteiger partial charge >= 0.3 is 0 Å². The second-order valence-electron chi connectivity index (χ2n) is 7.99. The predicted octanol–water partition coefficient (Wildman–Crippen LogP) is 3.55. The first-order chi connectivity index (χ1) is 14.6. The van der Waals surface area contributed by atoms with Crippen LogP contribution < -0.4 is 5.32 Å². The molecule has 0 spiro atoms. The van der Waals surface area contributed by atoms with E-state index < -0.39 is 0 Å². The molecule has 2 aromatic heterocycles. The fraction of sp³-hybridized carbons (Fsp3) is 0.333. The van der Waals surface area contributed by atoms with Crippen molar-refractivity contribution in [1.29, 1.82) is 0 Å². The number of likely N-dealkylation sites (tertiary alicyclic amines) is 1. The van der Waals surface area contributed by atoms with Crippen LogP contribution in [0, 0.1) is 13.8 Å². The summed E-state index contributed by atoms with van der Waals surface area (Å²) in [6.07, 6.45) is 7.55. The Hall–Kier alpha value is -3.12.